The average molecular weight is 156 g/mol. The quantitative estimate of drug-likeness (QED) is 0.660. The van der Waals surface area contributed by atoms with Gasteiger partial charge in [0.1, 0.15) is 5.75 Å². The summed E-state index contributed by atoms with van der Waals surface area (Å²) in [5.41, 5.74) is 1.05. The first kappa shape index (κ1) is 7.52. The van der Waals surface area contributed by atoms with E-state index in [-0.39, 0.29) is 5.75 Å². The smallest absolute Gasteiger partial charge is 0.115 e. The molecule has 0 radical (unpaired) electrons. The van der Waals surface area contributed by atoms with Gasteiger partial charge in [-0.1, -0.05) is 12.1 Å². The van der Waals surface area contributed by atoms with E-state index in [1.165, 1.54) is 0 Å². The highest BCUT2D eigenvalue weighted by Crippen LogP contribution is 2.10. The van der Waals surface area contributed by atoms with Crippen LogP contribution in [-0.4, -0.2) is 5.11 Å². The van der Waals surface area contributed by atoms with Gasteiger partial charge in [0.2, 0.25) is 0 Å². The molecule has 0 heterocycles. The second kappa shape index (κ2) is 3.55. The number of phenols is 1. The van der Waals surface area contributed by atoms with E-state index in [2.05, 4.69) is 9.47 Å². The summed E-state index contributed by atoms with van der Waals surface area (Å²) in [5.74, 6) is 0.285. The van der Waals surface area contributed by atoms with Crippen LogP contribution >= 0.6 is 9.47 Å². The summed E-state index contributed by atoms with van der Waals surface area (Å²) in [5, 5.41) is 8.88. The summed E-state index contributed by atoms with van der Waals surface area (Å²) < 4.78 is 4.80. The zero-order chi connectivity index (χ0) is 7.40. The number of rotatable bonds is 2. The summed E-state index contributed by atoms with van der Waals surface area (Å²) in [7, 11) is 2.18. The normalized spacial score (nSPS) is 9.70. The molecular formula is C7H9O2P. The van der Waals surface area contributed by atoms with Gasteiger partial charge in [-0.25, -0.2) is 0 Å². The molecule has 0 aliphatic heterocycles. The Balaban J connectivity index is 2.69. The molecule has 0 bridgehead atoms. The molecule has 1 atom stereocenters. The summed E-state index contributed by atoms with van der Waals surface area (Å²) in [6.45, 7) is 0.560. The third-order valence-corrected chi connectivity index (χ3v) is 1.35. The van der Waals surface area contributed by atoms with Gasteiger partial charge in [0.15, 0.2) is 0 Å². The van der Waals surface area contributed by atoms with Crippen molar-refractivity contribution in [3.63, 3.8) is 0 Å². The summed E-state index contributed by atoms with van der Waals surface area (Å²) in [6.07, 6.45) is 0. The maximum absolute atomic E-state index is 8.88. The zero-order valence-corrected chi connectivity index (χ0v) is 6.60. The molecule has 0 aromatic heterocycles. The molecule has 0 saturated heterocycles. The maximum atomic E-state index is 8.88. The third-order valence-electron chi connectivity index (χ3n) is 1.19. The van der Waals surface area contributed by atoms with Crippen molar-refractivity contribution in [2.75, 3.05) is 0 Å². The summed E-state index contributed by atoms with van der Waals surface area (Å²) in [6, 6.07) is 6.91. The fraction of sp³-hybridized carbons (Fsp3) is 0.143. The van der Waals surface area contributed by atoms with E-state index in [9.17, 15) is 0 Å². The Bertz CT molecular complexity index is 195. The Morgan fingerprint density at radius 2 is 1.90 bits per heavy atom. The number of benzene rings is 1. The first-order chi connectivity index (χ1) is 4.83. The standard InChI is InChI=1S/C7H9O2P/c8-7-3-1-6(2-4-7)5-9-10/h1-4,8H,5,10H2. The second-order valence-electron chi connectivity index (χ2n) is 1.98. The van der Waals surface area contributed by atoms with E-state index < -0.39 is 0 Å². The van der Waals surface area contributed by atoms with E-state index >= 15 is 0 Å². The minimum atomic E-state index is 0.285. The molecule has 3 heteroatoms. The Labute approximate surface area is 62.1 Å². The van der Waals surface area contributed by atoms with Gasteiger partial charge >= 0.3 is 0 Å². The predicted octanol–water partition coefficient (Wildman–Crippen LogP) is 1.70. The van der Waals surface area contributed by atoms with Crippen LogP contribution in [0.4, 0.5) is 0 Å². The summed E-state index contributed by atoms with van der Waals surface area (Å²) in [4.78, 5) is 0. The molecule has 0 aliphatic rings. The number of hydrogen-bond donors (Lipinski definition) is 1. The molecule has 0 amide bonds. The molecular weight excluding hydrogens is 147 g/mol. The molecule has 10 heavy (non-hydrogen) atoms. The van der Waals surface area contributed by atoms with Crippen molar-refractivity contribution < 1.29 is 9.63 Å². The van der Waals surface area contributed by atoms with Crippen molar-refractivity contribution in [2.24, 2.45) is 0 Å². The Morgan fingerprint density at radius 3 is 2.40 bits per heavy atom. The Hall–Kier alpha value is -0.590. The van der Waals surface area contributed by atoms with Crippen LogP contribution in [0.25, 0.3) is 0 Å². The lowest BCUT2D eigenvalue weighted by atomic mass is 10.2. The highest BCUT2D eigenvalue weighted by molar-refractivity contribution is 7.09. The van der Waals surface area contributed by atoms with Crippen molar-refractivity contribution in [1.29, 1.82) is 0 Å². The molecule has 0 saturated carbocycles. The van der Waals surface area contributed by atoms with Gasteiger partial charge in [0.05, 0.1) is 6.61 Å². The lowest BCUT2D eigenvalue weighted by molar-refractivity contribution is 0.361. The number of phenolic OH excluding ortho intramolecular Hbond substituents is 1. The van der Waals surface area contributed by atoms with Crippen LogP contribution in [0.3, 0.4) is 0 Å². The van der Waals surface area contributed by atoms with Crippen molar-refractivity contribution in [1.82, 2.24) is 0 Å². The van der Waals surface area contributed by atoms with Gasteiger partial charge in [-0.3, -0.25) is 0 Å². The molecule has 1 aromatic rings. The molecule has 54 valence electrons. The van der Waals surface area contributed by atoms with Crippen molar-refractivity contribution in [3.8, 4) is 5.75 Å². The minimum absolute atomic E-state index is 0.285. The summed E-state index contributed by atoms with van der Waals surface area (Å²) >= 11 is 0. The van der Waals surface area contributed by atoms with Gasteiger partial charge in [-0.05, 0) is 17.7 Å². The minimum Gasteiger partial charge on any atom is -0.508 e. The molecule has 1 rings (SSSR count). The van der Waals surface area contributed by atoms with Gasteiger partial charge in [0.25, 0.3) is 0 Å². The monoisotopic (exact) mass is 156 g/mol. The van der Waals surface area contributed by atoms with Crippen molar-refractivity contribution >= 4 is 9.47 Å². The van der Waals surface area contributed by atoms with Crippen LogP contribution < -0.4 is 0 Å². The fourth-order valence-corrected chi connectivity index (χ4v) is 0.881. The Morgan fingerprint density at radius 1 is 1.30 bits per heavy atom. The van der Waals surface area contributed by atoms with Gasteiger partial charge in [0, 0.05) is 9.47 Å². The largest absolute Gasteiger partial charge is 0.508 e. The molecule has 2 nitrogen and oxygen atoms in total. The molecule has 1 unspecified atom stereocenters. The van der Waals surface area contributed by atoms with Crippen LogP contribution in [0.5, 0.6) is 5.75 Å². The number of aromatic hydroxyl groups is 1. The van der Waals surface area contributed by atoms with E-state index in [4.69, 9.17) is 9.63 Å². The fourth-order valence-electron chi connectivity index (χ4n) is 0.688. The van der Waals surface area contributed by atoms with E-state index in [1.54, 1.807) is 12.1 Å². The maximum Gasteiger partial charge on any atom is 0.115 e. The topological polar surface area (TPSA) is 29.5 Å². The lowest BCUT2D eigenvalue weighted by Crippen LogP contribution is -1.80. The highest BCUT2D eigenvalue weighted by atomic mass is 31.0. The molecule has 1 aromatic carbocycles. The lowest BCUT2D eigenvalue weighted by Gasteiger charge is -1.97. The van der Waals surface area contributed by atoms with Crippen LogP contribution in [0.1, 0.15) is 5.56 Å². The van der Waals surface area contributed by atoms with Crippen LogP contribution in [-0.2, 0) is 11.1 Å². The average Bonchev–Trinajstić information content (AvgIpc) is 1.95. The van der Waals surface area contributed by atoms with Crippen molar-refractivity contribution in [2.45, 2.75) is 6.61 Å². The van der Waals surface area contributed by atoms with E-state index in [1.807, 2.05) is 12.1 Å². The van der Waals surface area contributed by atoms with E-state index in [0.29, 0.717) is 6.61 Å². The van der Waals surface area contributed by atoms with Gasteiger partial charge < -0.3 is 9.63 Å². The highest BCUT2D eigenvalue weighted by Gasteiger charge is 1.89. The molecule has 0 aliphatic carbocycles. The van der Waals surface area contributed by atoms with Crippen LogP contribution in [0.15, 0.2) is 24.3 Å². The van der Waals surface area contributed by atoms with Crippen LogP contribution in [0, 0.1) is 0 Å². The van der Waals surface area contributed by atoms with Crippen LogP contribution in [0.2, 0.25) is 0 Å². The van der Waals surface area contributed by atoms with Gasteiger partial charge in [-0.15, -0.1) is 0 Å². The van der Waals surface area contributed by atoms with E-state index in [0.717, 1.165) is 5.56 Å². The second-order valence-corrected chi connectivity index (χ2v) is 2.31. The number of hydrogen-bond acceptors (Lipinski definition) is 2. The first-order valence-electron chi connectivity index (χ1n) is 2.92. The Kier molecular flexibility index (Phi) is 2.67. The van der Waals surface area contributed by atoms with Crippen molar-refractivity contribution in [3.05, 3.63) is 29.8 Å². The zero-order valence-electron chi connectivity index (χ0n) is 5.45. The molecule has 0 fully saturated rings. The first-order valence-corrected chi connectivity index (χ1v) is 3.39. The third kappa shape index (κ3) is 1.98. The SMILES string of the molecule is Oc1ccc(COP)cc1. The van der Waals surface area contributed by atoms with Gasteiger partial charge in [-0.2, -0.15) is 0 Å². The molecule has 0 spiro atoms. The molecule has 1 N–H and O–H groups in total. The predicted molar refractivity (Wildman–Crippen MR) is 42.6 cm³/mol.